The molecule has 0 spiro atoms. The van der Waals surface area contributed by atoms with Crippen LogP contribution in [0.15, 0.2) is 0 Å². The molecule has 0 radical (unpaired) electrons. The lowest BCUT2D eigenvalue weighted by molar-refractivity contribution is -0.140. The lowest BCUT2D eigenvalue weighted by Gasteiger charge is -2.46. The summed E-state index contributed by atoms with van der Waals surface area (Å²) in [6.45, 7) is 7.51. The first-order valence-electron chi connectivity index (χ1n) is 6.98. The molecule has 2 atom stereocenters. The van der Waals surface area contributed by atoms with Crippen molar-refractivity contribution in [1.29, 1.82) is 0 Å². The summed E-state index contributed by atoms with van der Waals surface area (Å²) >= 11 is 0. The summed E-state index contributed by atoms with van der Waals surface area (Å²) in [6.07, 6.45) is 5.93. The topological polar surface area (TPSA) is 49.3 Å². The number of aliphatic carboxylic acids is 1. The van der Waals surface area contributed by atoms with Gasteiger partial charge in [0.05, 0.1) is 6.42 Å². The number of hydrogen-bond donors (Lipinski definition) is 2. The summed E-state index contributed by atoms with van der Waals surface area (Å²) in [7, 11) is 0. The zero-order chi connectivity index (χ0) is 12.9. The summed E-state index contributed by atoms with van der Waals surface area (Å²) in [5.74, 6) is 0.388. The van der Waals surface area contributed by atoms with Gasteiger partial charge in [0.25, 0.3) is 0 Å². The van der Waals surface area contributed by atoms with Crippen LogP contribution in [0.1, 0.15) is 59.3 Å². The molecular formula is C14H27NO2. The van der Waals surface area contributed by atoms with Crippen LogP contribution in [0.25, 0.3) is 0 Å². The van der Waals surface area contributed by atoms with E-state index in [1.807, 2.05) is 0 Å². The van der Waals surface area contributed by atoms with Gasteiger partial charge in [0.1, 0.15) is 0 Å². The van der Waals surface area contributed by atoms with Crippen LogP contribution < -0.4 is 5.32 Å². The second-order valence-electron chi connectivity index (χ2n) is 5.75. The molecule has 0 amide bonds. The zero-order valence-electron chi connectivity index (χ0n) is 11.5. The molecule has 17 heavy (non-hydrogen) atoms. The molecule has 0 aliphatic heterocycles. The molecule has 0 bridgehead atoms. The van der Waals surface area contributed by atoms with Gasteiger partial charge in [-0.3, -0.25) is 4.79 Å². The normalized spacial score (nSPS) is 29.5. The minimum absolute atomic E-state index is 0.158. The third kappa shape index (κ3) is 3.70. The van der Waals surface area contributed by atoms with Crippen LogP contribution in [-0.2, 0) is 4.79 Å². The van der Waals surface area contributed by atoms with Gasteiger partial charge in [0, 0.05) is 5.54 Å². The van der Waals surface area contributed by atoms with E-state index in [1.54, 1.807) is 0 Å². The highest BCUT2D eigenvalue weighted by atomic mass is 16.4. The maximum Gasteiger partial charge on any atom is 0.305 e. The highest BCUT2D eigenvalue weighted by Crippen LogP contribution is 2.40. The minimum Gasteiger partial charge on any atom is -0.481 e. The molecule has 1 saturated carbocycles. The smallest absolute Gasteiger partial charge is 0.305 e. The summed E-state index contributed by atoms with van der Waals surface area (Å²) in [4.78, 5) is 11.2. The highest BCUT2D eigenvalue weighted by Gasteiger charge is 2.42. The molecule has 0 aromatic rings. The summed E-state index contributed by atoms with van der Waals surface area (Å²) < 4.78 is 0. The molecule has 0 aromatic carbocycles. The lowest BCUT2D eigenvalue weighted by atomic mass is 9.66. The van der Waals surface area contributed by atoms with E-state index in [1.165, 1.54) is 12.8 Å². The van der Waals surface area contributed by atoms with Gasteiger partial charge in [-0.05, 0) is 37.6 Å². The van der Waals surface area contributed by atoms with Crippen molar-refractivity contribution in [3.05, 3.63) is 0 Å². The van der Waals surface area contributed by atoms with E-state index in [0.717, 1.165) is 25.8 Å². The molecule has 1 aliphatic carbocycles. The largest absolute Gasteiger partial charge is 0.481 e. The third-order valence-corrected chi connectivity index (χ3v) is 4.10. The summed E-state index contributed by atoms with van der Waals surface area (Å²) in [5.41, 5.74) is -0.158. The number of rotatable bonds is 6. The van der Waals surface area contributed by atoms with Crippen molar-refractivity contribution in [2.24, 2.45) is 11.8 Å². The minimum atomic E-state index is -0.666. The first-order chi connectivity index (χ1) is 8.02. The number of carboxylic acid groups (broad SMARTS) is 1. The number of carbonyl (C=O) groups is 1. The summed E-state index contributed by atoms with van der Waals surface area (Å²) in [6, 6.07) is 0. The molecular weight excluding hydrogens is 214 g/mol. The van der Waals surface area contributed by atoms with Crippen LogP contribution in [0.2, 0.25) is 0 Å². The second-order valence-corrected chi connectivity index (χ2v) is 5.75. The van der Waals surface area contributed by atoms with E-state index in [2.05, 4.69) is 26.1 Å². The average molecular weight is 241 g/mol. The Bertz CT molecular complexity index is 253. The first kappa shape index (κ1) is 14.5. The summed E-state index contributed by atoms with van der Waals surface area (Å²) in [5, 5.41) is 12.8. The van der Waals surface area contributed by atoms with Gasteiger partial charge in [-0.25, -0.2) is 0 Å². The zero-order valence-corrected chi connectivity index (χ0v) is 11.5. The van der Waals surface area contributed by atoms with Gasteiger partial charge in [-0.15, -0.1) is 0 Å². The van der Waals surface area contributed by atoms with Crippen molar-refractivity contribution >= 4 is 5.97 Å². The van der Waals surface area contributed by atoms with Crippen molar-refractivity contribution in [2.75, 3.05) is 6.54 Å². The van der Waals surface area contributed by atoms with Gasteiger partial charge in [-0.1, -0.05) is 33.6 Å². The fourth-order valence-corrected chi connectivity index (χ4v) is 3.38. The molecule has 0 heterocycles. The van der Waals surface area contributed by atoms with Gasteiger partial charge >= 0.3 is 5.97 Å². The van der Waals surface area contributed by atoms with Crippen molar-refractivity contribution in [2.45, 2.75) is 64.8 Å². The molecule has 1 rings (SSSR count). The maximum atomic E-state index is 11.2. The highest BCUT2D eigenvalue weighted by molar-refractivity contribution is 5.68. The SMILES string of the molecule is CCCNC1(CC(=O)O)CCCCC1C(C)C. The predicted molar refractivity (Wildman–Crippen MR) is 70.1 cm³/mol. The molecule has 3 nitrogen and oxygen atoms in total. The predicted octanol–water partition coefficient (Wildman–Crippen LogP) is 3.05. The molecule has 0 saturated heterocycles. The Kier molecular flexibility index (Phi) is 5.44. The standard InChI is InChI=1S/C14H27NO2/c1-4-9-15-14(10-13(16)17)8-6-5-7-12(14)11(2)3/h11-12,15H,4-10H2,1-3H3,(H,16,17). The van der Waals surface area contributed by atoms with Crippen molar-refractivity contribution in [1.82, 2.24) is 5.32 Å². The number of carboxylic acids is 1. The van der Waals surface area contributed by atoms with Crippen LogP contribution in [0.4, 0.5) is 0 Å². The van der Waals surface area contributed by atoms with Crippen LogP contribution in [0.3, 0.4) is 0 Å². The molecule has 2 N–H and O–H groups in total. The Labute approximate surface area is 105 Å². The van der Waals surface area contributed by atoms with Crippen molar-refractivity contribution in [3.8, 4) is 0 Å². The average Bonchev–Trinajstić information content (AvgIpc) is 2.26. The Morgan fingerprint density at radius 2 is 2.18 bits per heavy atom. The Hall–Kier alpha value is -0.570. The first-order valence-corrected chi connectivity index (χ1v) is 6.98. The van der Waals surface area contributed by atoms with Crippen LogP contribution >= 0.6 is 0 Å². The lowest BCUT2D eigenvalue weighted by Crippen LogP contribution is -2.56. The second kappa shape index (κ2) is 6.39. The van der Waals surface area contributed by atoms with Crippen LogP contribution in [-0.4, -0.2) is 23.2 Å². The number of hydrogen-bond acceptors (Lipinski definition) is 2. The monoisotopic (exact) mass is 241 g/mol. The maximum absolute atomic E-state index is 11.2. The van der Waals surface area contributed by atoms with Gasteiger partial charge in [-0.2, -0.15) is 0 Å². The van der Waals surface area contributed by atoms with E-state index < -0.39 is 5.97 Å². The fraction of sp³-hybridized carbons (Fsp3) is 0.929. The molecule has 3 heteroatoms. The van der Waals surface area contributed by atoms with E-state index in [4.69, 9.17) is 0 Å². The molecule has 0 aromatic heterocycles. The third-order valence-electron chi connectivity index (χ3n) is 4.10. The molecule has 1 fully saturated rings. The van der Waals surface area contributed by atoms with E-state index in [-0.39, 0.29) is 12.0 Å². The molecule has 100 valence electrons. The van der Waals surface area contributed by atoms with Crippen molar-refractivity contribution in [3.63, 3.8) is 0 Å². The Balaban J connectivity index is 2.85. The van der Waals surface area contributed by atoms with Gasteiger partial charge < -0.3 is 10.4 Å². The van der Waals surface area contributed by atoms with E-state index >= 15 is 0 Å². The molecule has 2 unspecified atom stereocenters. The van der Waals surface area contributed by atoms with Crippen molar-refractivity contribution < 1.29 is 9.90 Å². The van der Waals surface area contributed by atoms with Gasteiger partial charge in [0.2, 0.25) is 0 Å². The van der Waals surface area contributed by atoms with Crippen LogP contribution in [0, 0.1) is 11.8 Å². The Morgan fingerprint density at radius 1 is 1.47 bits per heavy atom. The fourth-order valence-electron chi connectivity index (χ4n) is 3.38. The molecule has 1 aliphatic rings. The number of nitrogens with one attached hydrogen (secondary N) is 1. The van der Waals surface area contributed by atoms with Crippen LogP contribution in [0.5, 0.6) is 0 Å². The van der Waals surface area contributed by atoms with E-state index in [0.29, 0.717) is 11.8 Å². The van der Waals surface area contributed by atoms with Gasteiger partial charge in [0.15, 0.2) is 0 Å². The Morgan fingerprint density at radius 3 is 2.71 bits per heavy atom. The quantitative estimate of drug-likeness (QED) is 0.751. The van der Waals surface area contributed by atoms with E-state index in [9.17, 15) is 9.90 Å².